The van der Waals surface area contributed by atoms with E-state index in [0.717, 1.165) is 21.9 Å². The summed E-state index contributed by atoms with van der Waals surface area (Å²) in [4.78, 5) is 5.56. The van der Waals surface area contributed by atoms with E-state index in [0.29, 0.717) is 0 Å². The molecule has 1 aromatic heterocycles. The van der Waals surface area contributed by atoms with Crippen LogP contribution < -0.4 is 9.47 Å². The number of H-pyrrole nitrogens is 1. The molecule has 3 nitrogen and oxygen atoms in total. The van der Waals surface area contributed by atoms with E-state index in [9.17, 15) is 0 Å². The molecule has 0 spiro atoms. The van der Waals surface area contributed by atoms with Crippen molar-refractivity contribution in [3.8, 4) is 11.5 Å². The average Bonchev–Trinajstić information content (AvgIpc) is 2.90. The highest BCUT2D eigenvalue weighted by molar-refractivity contribution is 7.99. The fourth-order valence-electron chi connectivity index (χ4n) is 2.10. The van der Waals surface area contributed by atoms with Gasteiger partial charge in [0.25, 0.3) is 0 Å². The molecule has 0 aliphatic carbocycles. The third-order valence-corrected chi connectivity index (χ3v) is 4.13. The van der Waals surface area contributed by atoms with Crippen molar-refractivity contribution in [2.24, 2.45) is 0 Å². The van der Waals surface area contributed by atoms with Crippen LogP contribution in [0.1, 0.15) is 0 Å². The summed E-state index contributed by atoms with van der Waals surface area (Å²) in [5.41, 5.74) is 1.14. The molecule has 20 heavy (non-hydrogen) atoms. The highest BCUT2D eigenvalue weighted by Gasteiger charge is 2.07. The topological polar surface area (TPSA) is 34.2 Å². The first kappa shape index (κ1) is 12.9. The minimum Gasteiger partial charge on any atom is -0.497 e. The molecule has 0 bridgehead atoms. The van der Waals surface area contributed by atoms with Gasteiger partial charge in [-0.25, -0.2) is 0 Å². The molecule has 3 rings (SSSR count). The van der Waals surface area contributed by atoms with Crippen molar-refractivity contribution in [1.82, 2.24) is 4.98 Å². The molecule has 4 heteroatoms. The molecule has 2 aromatic carbocycles. The SMILES string of the molecule is COc1cc(OC)cc(Sc2c[nH]c3ccccc23)c1. The Morgan fingerprint density at radius 3 is 2.35 bits per heavy atom. The van der Waals surface area contributed by atoms with Crippen molar-refractivity contribution in [2.45, 2.75) is 9.79 Å². The first-order valence-electron chi connectivity index (χ1n) is 6.27. The van der Waals surface area contributed by atoms with Crippen LogP contribution in [0.2, 0.25) is 0 Å². The van der Waals surface area contributed by atoms with Gasteiger partial charge < -0.3 is 14.5 Å². The Bertz CT molecular complexity index is 714. The molecule has 0 atom stereocenters. The third-order valence-electron chi connectivity index (χ3n) is 3.10. The lowest BCUT2D eigenvalue weighted by Crippen LogP contribution is -1.87. The van der Waals surface area contributed by atoms with Crippen molar-refractivity contribution in [3.05, 3.63) is 48.7 Å². The van der Waals surface area contributed by atoms with Crippen LogP contribution in [0.15, 0.2) is 58.5 Å². The number of ether oxygens (including phenoxy) is 2. The largest absolute Gasteiger partial charge is 0.497 e. The van der Waals surface area contributed by atoms with Crippen LogP contribution in [0.3, 0.4) is 0 Å². The Morgan fingerprint density at radius 2 is 1.65 bits per heavy atom. The van der Waals surface area contributed by atoms with Crippen LogP contribution >= 0.6 is 11.8 Å². The number of benzene rings is 2. The second-order valence-electron chi connectivity index (χ2n) is 4.35. The Morgan fingerprint density at radius 1 is 0.950 bits per heavy atom. The summed E-state index contributed by atoms with van der Waals surface area (Å²) in [5.74, 6) is 1.60. The summed E-state index contributed by atoms with van der Waals surface area (Å²) < 4.78 is 10.6. The number of nitrogens with one attached hydrogen (secondary N) is 1. The van der Waals surface area contributed by atoms with Crippen molar-refractivity contribution in [3.63, 3.8) is 0 Å². The Hall–Kier alpha value is -2.07. The van der Waals surface area contributed by atoms with Crippen LogP contribution in [0.25, 0.3) is 10.9 Å². The molecule has 1 N–H and O–H groups in total. The van der Waals surface area contributed by atoms with E-state index in [1.165, 1.54) is 10.3 Å². The van der Waals surface area contributed by atoms with Gasteiger partial charge in [-0.15, -0.1) is 0 Å². The van der Waals surface area contributed by atoms with E-state index in [1.807, 2.05) is 36.5 Å². The maximum Gasteiger partial charge on any atom is 0.123 e. The van der Waals surface area contributed by atoms with Crippen LogP contribution in [0.4, 0.5) is 0 Å². The van der Waals surface area contributed by atoms with E-state index < -0.39 is 0 Å². The number of aromatic amines is 1. The second-order valence-corrected chi connectivity index (χ2v) is 5.46. The number of hydrogen-bond donors (Lipinski definition) is 1. The highest BCUT2D eigenvalue weighted by atomic mass is 32.2. The second kappa shape index (κ2) is 5.51. The molecule has 102 valence electrons. The predicted molar refractivity (Wildman–Crippen MR) is 82.0 cm³/mol. The van der Waals surface area contributed by atoms with E-state index in [-0.39, 0.29) is 0 Å². The summed E-state index contributed by atoms with van der Waals surface area (Å²) in [6, 6.07) is 14.2. The van der Waals surface area contributed by atoms with E-state index in [1.54, 1.807) is 26.0 Å². The first-order chi connectivity index (χ1) is 9.80. The predicted octanol–water partition coefficient (Wildman–Crippen LogP) is 4.34. The fourth-order valence-corrected chi connectivity index (χ4v) is 3.11. The van der Waals surface area contributed by atoms with E-state index in [4.69, 9.17) is 9.47 Å². The van der Waals surface area contributed by atoms with Crippen LogP contribution in [0.5, 0.6) is 11.5 Å². The van der Waals surface area contributed by atoms with Gasteiger partial charge in [0.15, 0.2) is 0 Å². The summed E-state index contributed by atoms with van der Waals surface area (Å²) >= 11 is 1.69. The summed E-state index contributed by atoms with van der Waals surface area (Å²) in [5, 5.41) is 1.22. The maximum atomic E-state index is 5.30. The number of fused-ring (bicyclic) bond motifs is 1. The molecular weight excluding hydrogens is 270 g/mol. The number of para-hydroxylation sites is 1. The molecule has 0 aliphatic heterocycles. The van der Waals surface area contributed by atoms with E-state index >= 15 is 0 Å². The molecule has 0 saturated carbocycles. The van der Waals surface area contributed by atoms with Crippen molar-refractivity contribution in [1.29, 1.82) is 0 Å². The van der Waals surface area contributed by atoms with Gasteiger partial charge in [0.1, 0.15) is 11.5 Å². The lowest BCUT2D eigenvalue weighted by molar-refractivity contribution is 0.392. The number of rotatable bonds is 4. The summed E-state index contributed by atoms with van der Waals surface area (Å²) in [7, 11) is 3.32. The fraction of sp³-hybridized carbons (Fsp3) is 0.125. The standard InChI is InChI=1S/C16H15NO2S/c1-18-11-7-12(19-2)9-13(8-11)20-16-10-17-15-6-4-3-5-14(15)16/h3-10,17H,1-2H3. The number of aromatic nitrogens is 1. The van der Waals surface area contributed by atoms with Gasteiger partial charge in [-0.1, -0.05) is 30.0 Å². The lowest BCUT2D eigenvalue weighted by atomic mass is 10.2. The molecule has 0 unspecified atom stereocenters. The summed E-state index contributed by atoms with van der Waals surface area (Å²) in [6.07, 6.45) is 2.03. The Kier molecular flexibility index (Phi) is 3.56. The van der Waals surface area contributed by atoms with Gasteiger partial charge in [-0.05, 0) is 18.2 Å². The Balaban J connectivity index is 1.98. The monoisotopic (exact) mass is 285 g/mol. The van der Waals surface area contributed by atoms with Gasteiger partial charge >= 0.3 is 0 Å². The van der Waals surface area contributed by atoms with Crippen molar-refractivity contribution < 1.29 is 9.47 Å². The van der Waals surface area contributed by atoms with Gasteiger partial charge in [0.05, 0.1) is 14.2 Å². The molecule has 3 aromatic rings. The van der Waals surface area contributed by atoms with Crippen LogP contribution in [-0.2, 0) is 0 Å². The zero-order chi connectivity index (χ0) is 13.9. The van der Waals surface area contributed by atoms with Crippen LogP contribution in [0, 0.1) is 0 Å². The maximum absolute atomic E-state index is 5.30. The molecular formula is C16H15NO2S. The molecule has 1 heterocycles. The zero-order valence-electron chi connectivity index (χ0n) is 11.3. The van der Waals surface area contributed by atoms with Gasteiger partial charge in [-0.2, -0.15) is 0 Å². The molecule has 0 amide bonds. The molecule has 0 fully saturated rings. The normalized spacial score (nSPS) is 10.7. The van der Waals surface area contributed by atoms with Gasteiger partial charge in [0.2, 0.25) is 0 Å². The average molecular weight is 285 g/mol. The first-order valence-corrected chi connectivity index (χ1v) is 7.09. The third kappa shape index (κ3) is 2.47. The molecule has 0 radical (unpaired) electrons. The van der Waals surface area contributed by atoms with Gasteiger partial charge in [0, 0.05) is 33.0 Å². The molecule has 0 aliphatic rings. The van der Waals surface area contributed by atoms with Crippen LogP contribution in [-0.4, -0.2) is 19.2 Å². The molecule has 0 saturated heterocycles. The minimum absolute atomic E-state index is 0.798. The smallest absolute Gasteiger partial charge is 0.123 e. The number of methoxy groups -OCH3 is 2. The quantitative estimate of drug-likeness (QED) is 0.774. The van der Waals surface area contributed by atoms with Crippen molar-refractivity contribution in [2.75, 3.05) is 14.2 Å². The van der Waals surface area contributed by atoms with Crippen molar-refractivity contribution >= 4 is 22.7 Å². The summed E-state index contributed by atoms with van der Waals surface area (Å²) in [6.45, 7) is 0. The Labute approximate surface area is 121 Å². The minimum atomic E-state index is 0.798. The number of hydrogen-bond acceptors (Lipinski definition) is 3. The zero-order valence-corrected chi connectivity index (χ0v) is 12.2. The lowest BCUT2D eigenvalue weighted by Gasteiger charge is -2.07. The highest BCUT2D eigenvalue weighted by Crippen LogP contribution is 2.37. The van der Waals surface area contributed by atoms with Gasteiger partial charge in [-0.3, -0.25) is 0 Å². The van der Waals surface area contributed by atoms with E-state index in [2.05, 4.69) is 17.1 Å².